The molecular formula is C20H22N2O4. The molecule has 2 aromatic carbocycles. The molecule has 0 aromatic heterocycles. The molecule has 1 aliphatic rings. The van der Waals surface area contributed by atoms with Gasteiger partial charge in [-0.1, -0.05) is 37.3 Å². The van der Waals surface area contributed by atoms with Crippen LogP contribution in [0.5, 0.6) is 11.5 Å². The molecule has 2 N–H and O–H groups in total. The Morgan fingerprint density at radius 1 is 1.08 bits per heavy atom. The van der Waals surface area contributed by atoms with Crippen LogP contribution in [0.3, 0.4) is 0 Å². The number of ether oxygens (including phenoxy) is 2. The Hall–Kier alpha value is -3.02. The number of hydrogen-bond donors (Lipinski definition) is 2. The lowest BCUT2D eigenvalue weighted by molar-refractivity contribution is -0.136. The minimum atomic E-state index is -0.697. The van der Waals surface area contributed by atoms with Crippen LogP contribution in [0.1, 0.15) is 18.1 Å². The predicted molar refractivity (Wildman–Crippen MR) is 98.5 cm³/mol. The maximum atomic E-state index is 12.2. The van der Waals surface area contributed by atoms with Gasteiger partial charge in [0.25, 0.3) is 0 Å². The number of hydrogen-bond acceptors (Lipinski definition) is 4. The molecule has 2 aromatic rings. The van der Waals surface area contributed by atoms with E-state index < -0.39 is 11.8 Å². The van der Waals surface area contributed by atoms with Crippen molar-refractivity contribution in [2.75, 3.05) is 18.5 Å². The van der Waals surface area contributed by atoms with E-state index in [0.29, 0.717) is 23.8 Å². The van der Waals surface area contributed by atoms with E-state index in [4.69, 9.17) is 9.47 Å². The molecular weight excluding hydrogens is 332 g/mol. The Bertz CT molecular complexity index is 819. The molecule has 0 saturated carbocycles. The number of carbonyl (C=O) groups excluding carboxylic acids is 2. The first-order chi connectivity index (χ1) is 12.6. The van der Waals surface area contributed by atoms with Crippen molar-refractivity contribution >= 4 is 17.5 Å². The number of para-hydroxylation sites is 3. The van der Waals surface area contributed by atoms with Gasteiger partial charge in [0, 0.05) is 5.69 Å². The Balaban J connectivity index is 1.55. The average Bonchev–Trinajstić information content (AvgIpc) is 2.67. The predicted octanol–water partition coefficient (Wildman–Crippen LogP) is 2.45. The number of benzene rings is 2. The van der Waals surface area contributed by atoms with Crippen LogP contribution in [0.15, 0.2) is 42.5 Å². The van der Waals surface area contributed by atoms with E-state index in [1.165, 1.54) is 0 Å². The van der Waals surface area contributed by atoms with Crippen LogP contribution in [0.25, 0.3) is 0 Å². The molecule has 136 valence electrons. The molecule has 1 heterocycles. The van der Waals surface area contributed by atoms with Crippen LogP contribution in [-0.4, -0.2) is 31.1 Å². The Labute approximate surface area is 152 Å². The normalized spacial score (nSPS) is 15.2. The maximum Gasteiger partial charge on any atom is 0.313 e. The summed E-state index contributed by atoms with van der Waals surface area (Å²) < 4.78 is 11.4. The molecule has 3 rings (SSSR count). The smallest absolute Gasteiger partial charge is 0.313 e. The van der Waals surface area contributed by atoms with Crippen LogP contribution >= 0.6 is 0 Å². The Morgan fingerprint density at radius 2 is 1.85 bits per heavy atom. The molecule has 0 aliphatic carbocycles. The highest BCUT2D eigenvalue weighted by atomic mass is 16.6. The summed E-state index contributed by atoms with van der Waals surface area (Å²) in [7, 11) is 0. The second-order valence-electron chi connectivity index (χ2n) is 6.12. The van der Waals surface area contributed by atoms with Gasteiger partial charge in [0.1, 0.15) is 12.7 Å². The number of aryl methyl sites for hydroxylation is 2. The van der Waals surface area contributed by atoms with Gasteiger partial charge in [-0.15, -0.1) is 0 Å². The molecule has 6 heteroatoms. The zero-order chi connectivity index (χ0) is 18.5. The second-order valence-corrected chi connectivity index (χ2v) is 6.12. The van der Waals surface area contributed by atoms with E-state index in [-0.39, 0.29) is 12.6 Å². The third-order valence-electron chi connectivity index (χ3n) is 4.24. The van der Waals surface area contributed by atoms with Gasteiger partial charge in [-0.25, -0.2) is 0 Å². The Kier molecular flexibility index (Phi) is 5.41. The minimum Gasteiger partial charge on any atom is -0.486 e. The quantitative estimate of drug-likeness (QED) is 0.827. The van der Waals surface area contributed by atoms with Crippen molar-refractivity contribution in [3.05, 3.63) is 53.6 Å². The molecule has 0 radical (unpaired) electrons. The second kappa shape index (κ2) is 7.91. The fourth-order valence-electron chi connectivity index (χ4n) is 2.82. The lowest BCUT2D eigenvalue weighted by Crippen LogP contribution is -2.44. The number of carbonyl (C=O) groups is 2. The number of fused-ring (bicyclic) bond motifs is 1. The highest BCUT2D eigenvalue weighted by Gasteiger charge is 2.23. The molecule has 0 saturated heterocycles. The zero-order valence-corrected chi connectivity index (χ0v) is 14.9. The van der Waals surface area contributed by atoms with Gasteiger partial charge in [0.05, 0.1) is 6.54 Å². The van der Waals surface area contributed by atoms with Gasteiger partial charge in [-0.2, -0.15) is 0 Å². The number of anilines is 1. The van der Waals surface area contributed by atoms with Crippen LogP contribution in [0.4, 0.5) is 5.69 Å². The summed E-state index contributed by atoms with van der Waals surface area (Å²) in [5, 5.41) is 5.31. The van der Waals surface area contributed by atoms with Crippen molar-refractivity contribution < 1.29 is 19.1 Å². The van der Waals surface area contributed by atoms with Crippen LogP contribution < -0.4 is 20.1 Å². The molecule has 0 bridgehead atoms. The molecule has 2 amide bonds. The van der Waals surface area contributed by atoms with Crippen molar-refractivity contribution in [1.82, 2.24) is 5.32 Å². The lowest BCUT2D eigenvalue weighted by Gasteiger charge is -2.26. The largest absolute Gasteiger partial charge is 0.486 e. The van der Waals surface area contributed by atoms with Gasteiger partial charge in [-0.3, -0.25) is 9.59 Å². The number of amides is 2. The standard InChI is InChI=1S/C20H22N2O4/c1-3-14-8-6-7-13(2)18(14)22-20(24)19(23)21-11-15-12-25-16-9-4-5-10-17(16)26-15/h4-10,15H,3,11-12H2,1-2H3,(H,21,23)(H,22,24). The Morgan fingerprint density at radius 3 is 2.62 bits per heavy atom. The van der Waals surface area contributed by atoms with Crippen LogP contribution in [-0.2, 0) is 16.0 Å². The van der Waals surface area contributed by atoms with Crippen molar-refractivity contribution in [2.24, 2.45) is 0 Å². The highest BCUT2D eigenvalue weighted by molar-refractivity contribution is 6.39. The topological polar surface area (TPSA) is 76.7 Å². The number of rotatable bonds is 4. The van der Waals surface area contributed by atoms with E-state index in [2.05, 4.69) is 10.6 Å². The van der Waals surface area contributed by atoms with Crippen LogP contribution in [0.2, 0.25) is 0 Å². The van der Waals surface area contributed by atoms with E-state index in [9.17, 15) is 9.59 Å². The molecule has 0 fully saturated rings. The third-order valence-corrected chi connectivity index (χ3v) is 4.24. The van der Waals surface area contributed by atoms with Gasteiger partial charge < -0.3 is 20.1 Å². The molecule has 26 heavy (non-hydrogen) atoms. The monoisotopic (exact) mass is 354 g/mol. The van der Waals surface area contributed by atoms with Gasteiger partial charge in [0.15, 0.2) is 11.5 Å². The van der Waals surface area contributed by atoms with E-state index in [1.54, 1.807) is 6.07 Å². The first kappa shape index (κ1) is 17.8. The lowest BCUT2D eigenvalue weighted by atomic mass is 10.1. The van der Waals surface area contributed by atoms with Gasteiger partial charge in [-0.05, 0) is 36.6 Å². The summed E-state index contributed by atoms with van der Waals surface area (Å²) in [6.07, 6.45) is 0.428. The third kappa shape index (κ3) is 3.96. The molecule has 1 unspecified atom stereocenters. The van der Waals surface area contributed by atoms with Crippen LogP contribution in [0, 0.1) is 6.92 Å². The van der Waals surface area contributed by atoms with E-state index in [1.807, 2.05) is 50.2 Å². The van der Waals surface area contributed by atoms with E-state index in [0.717, 1.165) is 17.5 Å². The molecule has 1 atom stereocenters. The first-order valence-corrected chi connectivity index (χ1v) is 8.64. The minimum absolute atomic E-state index is 0.189. The maximum absolute atomic E-state index is 12.2. The van der Waals surface area contributed by atoms with Crippen molar-refractivity contribution in [2.45, 2.75) is 26.4 Å². The zero-order valence-electron chi connectivity index (χ0n) is 14.9. The fraction of sp³-hybridized carbons (Fsp3) is 0.300. The number of nitrogens with one attached hydrogen (secondary N) is 2. The summed E-state index contributed by atoms with van der Waals surface area (Å²) in [5.74, 6) is -0.0710. The van der Waals surface area contributed by atoms with Crippen molar-refractivity contribution in [3.63, 3.8) is 0 Å². The molecule has 0 spiro atoms. The van der Waals surface area contributed by atoms with Gasteiger partial charge in [0.2, 0.25) is 0 Å². The van der Waals surface area contributed by atoms with Gasteiger partial charge >= 0.3 is 11.8 Å². The summed E-state index contributed by atoms with van der Waals surface area (Å²) in [6.45, 7) is 4.41. The average molecular weight is 354 g/mol. The molecule has 1 aliphatic heterocycles. The molecule has 6 nitrogen and oxygen atoms in total. The van der Waals surface area contributed by atoms with Crippen molar-refractivity contribution in [1.29, 1.82) is 0 Å². The summed E-state index contributed by atoms with van der Waals surface area (Å²) >= 11 is 0. The summed E-state index contributed by atoms with van der Waals surface area (Å²) in [5.41, 5.74) is 2.61. The van der Waals surface area contributed by atoms with Crippen molar-refractivity contribution in [3.8, 4) is 11.5 Å². The van der Waals surface area contributed by atoms with E-state index >= 15 is 0 Å². The SMILES string of the molecule is CCc1cccc(C)c1NC(=O)C(=O)NCC1COc2ccccc2O1. The highest BCUT2D eigenvalue weighted by Crippen LogP contribution is 2.30. The fourth-order valence-corrected chi connectivity index (χ4v) is 2.82. The summed E-state index contributed by atoms with van der Waals surface area (Å²) in [6, 6.07) is 13.1. The first-order valence-electron chi connectivity index (χ1n) is 8.64. The summed E-state index contributed by atoms with van der Waals surface area (Å²) in [4.78, 5) is 24.3.